The standard InChI is InChI=1S/C8H7BrN2S/c1-4-2-5(9)7-6(3-4)10-8(12)11-7/h2-3H,1H3,(H2,10,11,12). The summed E-state index contributed by atoms with van der Waals surface area (Å²) in [5, 5.41) is 0. The third-order valence-electron chi connectivity index (χ3n) is 1.72. The van der Waals surface area contributed by atoms with Crippen molar-refractivity contribution >= 4 is 39.2 Å². The van der Waals surface area contributed by atoms with Gasteiger partial charge in [0.15, 0.2) is 4.77 Å². The Morgan fingerprint density at radius 1 is 1.33 bits per heavy atom. The number of halogens is 1. The van der Waals surface area contributed by atoms with Crippen LogP contribution in [0.4, 0.5) is 0 Å². The van der Waals surface area contributed by atoms with Gasteiger partial charge < -0.3 is 9.97 Å². The molecule has 0 bridgehead atoms. The lowest BCUT2D eigenvalue weighted by Gasteiger charge is -1.95. The first-order chi connectivity index (χ1) is 5.66. The number of rotatable bonds is 0. The van der Waals surface area contributed by atoms with Gasteiger partial charge in [0.1, 0.15) is 0 Å². The summed E-state index contributed by atoms with van der Waals surface area (Å²) < 4.78 is 1.71. The third kappa shape index (κ3) is 1.21. The van der Waals surface area contributed by atoms with E-state index in [0.29, 0.717) is 4.77 Å². The molecule has 0 amide bonds. The van der Waals surface area contributed by atoms with E-state index in [0.717, 1.165) is 15.5 Å². The fourth-order valence-corrected chi connectivity index (χ4v) is 2.12. The molecule has 0 radical (unpaired) electrons. The van der Waals surface area contributed by atoms with Crippen LogP contribution in [0.15, 0.2) is 16.6 Å². The average Bonchev–Trinajstić information content (AvgIpc) is 2.29. The Hall–Kier alpha value is -0.610. The monoisotopic (exact) mass is 242 g/mol. The molecule has 1 aromatic carbocycles. The Morgan fingerprint density at radius 3 is 2.83 bits per heavy atom. The maximum absolute atomic E-state index is 4.98. The summed E-state index contributed by atoms with van der Waals surface area (Å²) in [6, 6.07) is 4.12. The highest BCUT2D eigenvalue weighted by atomic mass is 79.9. The highest BCUT2D eigenvalue weighted by Gasteiger charge is 2.00. The first kappa shape index (κ1) is 8.01. The summed E-state index contributed by atoms with van der Waals surface area (Å²) in [6.45, 7) is 2.05. The van der Waals surface area contributed by atoms with E-state index in [9.17, 15) is 0 Å². The lowest BCUT2D eigenvalue weighted by molar-refractivity contribution is 1.30. The highest BCUT2D eigenvalue weighted by molar-refractivity contribution is 9.10. The molecule has 2 rings (SSSR count). The SMILES string of the molecule is Cc1cc(Br)c2[nH]c(=S)[nH]c2c1. The van der Waals surface area contributed by atoms with Gasteiger partial charge in [-0.3, -0.25) is 0 Å². The minimum absolute atomic E-state index is 0.663. The van der Waals surface area contributed by atoms with E-state index in [1.807, 2.05) is 6.92 Å². The highest BCUT2D eigenvalue weighted by Crippen LogP contribution is 2.22. The predicted octanol–water partition coefficient (Wildman–Crippen LogP) is 3.30. The summed E-state index contributed by atoms with van der Waals surface area (Å²) >= 11 is 8.45. The number of H-pyrrole nitrogens is 2. The summed E-state index contributed by atoms with van der Waals surface area (Å²) in [5.74, 6) is 0. The van der Waals surface area contributed by atoms with E-state index >= 15 is 0 Å². The number of hydrogen-bond donors (Lipinski definition) is 2. The minimum Gasteiger partial charge on any atom is -0.331 e. The lowest BCUT2D eigenvalue weighted by Crippen LogP contribution is -1.75. The molecule has 0 saturated carbocycles. The molecule has 0 atom stereocenters. The molecule has 2 nitrogen and oxygen atoms in total. The van der Waals surface area contributed by atoms with Crippen molar-refractivity contribution in [2.24, 2.45) is 0 Å². The fourth-order valence-electron chi connectivity index (χ4n) is 1.23. The van der Waals surface area contributed by atoms with E-state index in [-0.39, 0.29) is 0 Å². The van der Waals surface area contributed by atoms with Crippen molar-refractivity contribution in [1.29, 1.82) is 0 Å². The zero-order valence-electron chi connectivity index (χ0n) is 6.44. The van der Waals surface area contributed by atoms with Crippen LogP contribution in [-0.2, 0) is 0 Å². The van der Waals surface area contributed by atoms with Gasteiger partial charge >= 0.3 is 0 Å². The van der Waals surface area contributed by atoms with Gasteiger partial charge in [-0.25, -0.2) is 0 Å². The molecule has 0 spiro atoms. The number of imidazole rings is 1. The Balaban J connectivity index is 2.97. The lowest BCUT2D eigenvalue weighted by atomic mass is 10.2. The maximum atomic E-state index is 4.98. The average molecular weight is 243 g/mol. The molecule has 4 heteroatoms. The van der Waals surface area contributed by atoms with Crippen LogP contribution in [0.2, 0.25) is 0 Å². The zero-order valence-corrected chi connectivity index (χ0v) is 8.84. The van der Waals surface area contributed by atoms with E-state index in [2.05, 4.69) is 38.0 Å². The van der Waals surface area contributed by atoms with Crippen LogP contribution in [0, 0.1) is 11.7 Å². The molecule has 0 saturated heterocycles. The first-order valence-electron chi connectivity index (χ1n) is 3.55. The van der Waals surface area contributed by atoms with Gasteiger partial charge in [0.05, 0.1) is 11.0 Å². The smallest absolute Gasteiger partial charge is 0.175 e. The Morgan fingerprint density at radius 2 is 2.08 bits per heavy atom. The molecule has 1 heterocycles. The van der Waals surface area contributed by atoms with Crippen molar-refractivity contribution in [3.8, 4) is 0 Å². The zero-order chi connectivity index (χ0) is 8.72. The van der Waals surface area contributed by atoms with Crippen LogP contribution >= 0.6 is 28.1 Å². The summed E-state index contributed by atoms with van der Waals surface area (Å²) in [6.07, 6.45) is 0. The molecule has 2 aromatic rings. The fraction of sp³-hybridized carbons (Fsp3) is 0.125. The summed E-state index contributed by atoms with van der Waals surface area (Å²) in [4.78, 5) is 6.14. The van der Waals surface area contributed by atoms with Crippen molar-refractivity contribution in [3.05, 3.63) is 26.9 Å². The van der Waals surface area contributed by atoms with Crippen molar-refractivity contribution in [3.63, 3.8) is 0 Å². The van der Waals surface area contributed by atoms with Crippen LogP contribution in [0.25, 0.3) is 11.0 Å². The van der Waals surface area contributed by atoms with Crippen LogP contribution in [-0.4, -0.2) is 9.97 Å². The summed E-state index contributed by atoms with van der Waals surface area (Å²) in [5.41, 5.74) is 3.29. The molecule has 0 aliphatic carbocycles. The number of fused-ring (bicyclic) bond motifs is 1. The van der Waals surface area contributed by atoms with Crippen molar-refractivity contribution in [1.82, 2.24) is 9.97 Å². The molecule has 1 aromatic heterocycles. The van der Waals surface area contributed by atoms with Gasteiger partial charge in [0, 0.05) is 4.47 Å². The molecule has 0 aliphatic rings. The number of aromatic nitrogens is 2. The second-order valence-electron chi connectivity index (χ2n) is 2.75. The number of aromatic amines is 2. The predicted molar refractivity (Wildman–Crippen MR) is 55.9 cm³/mol. The number of hydrogen-bond acceptors (Lipinski definition) is 1. The molecule has 0 unspecified atom stereocenters. The summed E-state index contributed by atoms with van der Waals surface area (Å²) in [7, 11) is 0. The number of benzene rings is 1. The van der Waals surface area contributed by atoms with Gasteiger partial charge in [-0.1, -0.05) is 0 Å². The van der Waals surface area contributed by atoms with E-state index in [1.165, 1.54) is 5.56 Å². The van der Waals surface area contributed by atoms with Crippen molar-refractivity contribution in [2.45, 2.75) is 6.92 Å². The van der Waals surface area contributed by atoms with Crippen LogP contribution < -0.4 is 0 Å². The molecule has 0 fully saturated rings. The largest absolute Gasteiger partial charge is 0.331 e. The molecular weight excluding hydrogens is 236 g/mol. The molecule has 12 heavy (non-hydrogen) atoms. The van der Waals surface area contributed by atoms with Crippen molar-refractivity contribution in [2.75, 3.05) is 0 Å². The van der Waals surface area contributed by atoms with Crippen molar-refractivity contribution < 1.29 is 0 Å². The second-order valence-corrected chi connectivity index (χ2v) is 4.01. The third-order valence-corrected chi connectivity index (χ3v) is 2.55. The molecule has 2 N–H and O–H groups in total. The molecule has 62 valence electrons. The van der Waals surface area contributed by atoms with E-state index < -0.39 is 0 Å². The quantitative estimate of drug-likeness (QED) is 0.683. The van der Waals surface area contributed by atoms with Gasteiger partial charge in [0.2, 0.25) is 0 Å². The first-order valence-corrected chi connectivity index (χ1v) is 4.75. The Kier molecular flexibility index (Phi) is 1.81. The second kappa shape index (κ2) is 2.71. The topological polar surface area (TPSA) is 31.6 Å². The minimum atomic E-state index is 0.663. The van der Waals surface area contributed by atoms with Gasteiger partial charge in [-0.05, 0) is 52.8 Å². The van der Waals surface area contributed by atoms with Gasteiger partial charge in [0.25, 0.3) is 0 Å². The molecule has 0 aliphatic heterocycles. The van der Waals surface area contributed by atoms with E-state index in [4.69, 9.17) is 12.2 Å². The van der Waals surface area contributed by atoms with Crippen LogP contribution in [0.3, 0.4) is 0 Å². The van der Waals surface area contributed by atoms with Gasteiger partial charge in [-0.15, -0.1) is 0 Å². The van der Waals surface area contributed by atoms with Gasteiger partial charge in [-0.2, -0.15) is 0 Å². The Bertz CT molecular complexity index is 483. The molecular formula is C8H7BrN2S. The maximum Gasteiger partial charge on any atom is 0.175 e. The number of aryl methyl sites for hydroxylation is 1. The van der Waals surface area contributed by atoms with E-state index in [1.54, 1.807) is 0 Å². The number of nitrogens with one attached hydrogen (secondary N) is 2. The Labute approximate surface area is 83.1 Å². The van der Waals surface area contributed by atoms with Crippen LogP contribution in [0.5, 0.6) is 0 Å². The normalized spacial score (nSPS) is 10.8. The van der Waals surface area contributed by atoms with Crippen LogP contribution in [0.1, 0.15) is 5.56 Å².